The van der Waals surface area contributed by atoms with Crippen LogP contribution in [-0.4, -0.2) is 44.4 Å². The fourth-order valence-electron chi connectivity index (χ4n) is 4.29. The topological polar surface area (TPSA) is 137 Å². The van der Waals surface area contributed by atoms with Crippen molar-refractivity contribution in [3.63, 3.8) is 0 Å². The van der Waals surface area contributed by atoms with Crippen LogP contribution in [-0.2, 0) is 20.9 Å². The molecule has 0 spiro atoms. The minimum atomic E-state index is -0.778. The van der Waals surface area contributed by atoms with E-state index in [0.717, 1.165) is 18.3 Å². The average Bonchev–Trinajstić information content (AvgIpc) is 3.00. The predicted molar refractivity (Wildman–Crippen MR) is 181 cm³/mol. The Morgan fingerprint density at radius 1 is 1.04 bits per heavy atom. The van der Waals surface area contributed by atoms with Gasteiger partial charge in [0.1, 0.15) is 18.2 Å². The van der Waals surface area contributed by atoms with Gasteiger partial charge in [-0.3, -0.25) is 4.79 Å². The van der Waals surface area contributed by atoms with E-state index in [4.69, 9.17) is 18.9 Å². The van der Waals surface area contributed by atoms with E-state index in [1.54, 1.807) is 44.2 Å². The van der Waals surface area contributed by atoms with Gasteiger partial charge in [0, 0.05) is 5.70 Å². The normalized spacial score (nSPS) is 14.4. The number of methoxy groups -OCH3 is 1. The Labute approximate surface area is 286 Å². The van der Waals surface area contributed by atoms with E-state index in [9.17, 15) is 18.8 Å². The number of allylic oxidation sites excluding steroid dienone is 1. The van der Waals surface area contributed by atoms with Gasteiger partial charge in [-0.15, -0.1) is 0 Å². The molecule has 0 aromatic heterocycles. The Bertz CT molecular complexity index is 1620. The van der Waals surface area contributed by atoms with Gasteiger partial charge >= 0.3 is 12.0 Å². The molecule has 4 rings (SSSR count). The quantitative estimate of drug-likeness (QED) is 0.0970. The Kier molecular flexibility index (Phi) is 12.0. The van der Waals surface area contributed by atoms with Crippen molar-refractivity contribution in [2.45, 2.75) is 26.5 Å². The third-order valence-corrected chi connectivity index (χ3v) is 7.97. The lowest BCUT2D eigenvalue weighted by atomic mass is 9.95. The van der Waals surface area contributed by atoms with Crippen LogP contribution in [0.4, 0.5) is 9.18 Å². The summed E-state index contributed by atoms with van der Waals surface area (Å²) in [5.74, 6) is -0.0954. The third-order valence-electron chi connectivity index (χ3n) is 6.36. The molecule has 1 heterocycles. The summed E-state index contributed by atoms with van der Waals surface area (Å²) in [6.45, 7) is 3.44. The zero-order valence-electron chi connectivity index (χ0n) is 24.4. The molecule has 0 unspecified atom stereocenters. The molecule has 1 atom stereocenters. The van der Waals surface area contributed by atoms with Crippen LogP contribution in [0.3, 0.4) is 0 Å². The van der Waals surface area contributed by atoms with Crippen LogP contribution >= 0.6 is 45.2 Å². The Balaban J connectivity index is 1.35. The number of carbonyl (C=O) groups excluding carboxylic acids is 3. The standard InChI is InChI=1S/C31H29FI2N4O7/c1-4-43-30(40)27-17(2)36-31(41)37-28(27)20-7-10-24(25(13-20)42-3)44-16-26(39)38-35-14-19-11-22(33)29(23(34)12-19)45-15-18-5-8-21(32)9-6-18/h5-14,28H,4,15-16H2,1-3H3,(H,38,39)(H2,36,37,41)/b35-14-/t28-/m1/s1. The van der Waals surface area contributed by atoms with Crippen molar-refractivity contribution in [2.24, 2.45) is 5.10 Å². The molecule has 0 fully saturated rings. The zero-order valence-corrected chi connectivity index (χ0v) is 28.7. The van der Waals surface area contributed by atoms with Gasteiger partial charge in [0.25, 0.3) is 5.91 Å². The first-order valence-electron chi connectivity index (χ1n) is 13.5. The van der Waals surface area contributed by atoms with Gasteiger partial charge in [-0.2, -0.15) is 5.10 Å². The van der Waals surface area contributed by atoms with Crippen LogP contribution in [0.5, 0.6) is 17.2 Å². The first-order chi connectivity index (χ1) is 21.6. The number of esters is 1. The molecule has 0 aliphatic carbocycles. The molecule has 14 heteroatoms. The zero-order chi connectivity index (χ0) is 32.5. The van der Waals surface area contributed by atoms with Crippen LogP contribution < -0.4 is 30.3 Å². The van der Waals surface area contributed by atoms with E-state index in [-0.39, 0.29) is 30.4 Å². The lowest BCUT2D eigenvalue weighted by molar-refractivity contribution is -0.139. The molecule has 0 saturated carbocycles. The molecule has 1 aliphatic heterocycles. The number of halogens is 3. The van der Waals surface area contributed by atoms with Gasteiger partial charge in [-0.25, -0.2) is 19.4 Å². The van der Waals surface area contributed by atoms with Crippen molar-refractivity contribution >= 4 is 69.3 Å². The minimum absolute atomic E-state index is 0.179. The second-order valence-corrected chi connectivity index (χ2v) is 11.8. The van der Waals surface area contributed by atoms with Crippen molar-refractivity contribution in [1.82, 2.24) is 16.1 Å². The molecule has 3 aromatic rings. The Morgan fingerprint density at radius 2 is 1.76 bits per heavy atom. The highest BCUT2D eigenvalue weighted by molar-refractivity contribution is 14.1. The highest BCUT2D eigenvalue weighted by Crippen LogP contribution is 2.35. The summed E-state index contributed by atoms with van der Waals surface area (Å²) in [5.41, 5.74) is 5.23. The summed E-state index contributed by atoms with van der Waals surface area (Å²) < 4.78 is 37.1. The first kappa shape index (κ1) is 34.0. The number of hydrogen-bond acceptors (Lipinski definition) is 8. The maximum Gasteiger partial charge on any atom is 0.338 e. The molecule has 0 radical (unpaired) electrons. The molecule has 1 aliphatic rings. The van der Waals surface area contributed by atoms with E-state index in [0.29, 0.717) is 29.4 Å². The molecular weight excluding hydrogens is 813 g/mol. The summed E-state index contributed by atoms with van der Waals surface area (Å²) in [5, 5.41) is 9.35. The van der Waals surface area contributed by atoms with E-state index < -0.39 is 23.9 Å². The summed E-state index contributed by atoms with van der Waals surface area (Å²) in [7, 11) is 1.44. The smallest absolute Gasteiger partial charge is 0.338 e. The van der Waals surface area contributed by atoms with Gasteiger partial charge in [0.2, 0.25) is 0 Å². The minimum Gasteiger partial charge on any atom is -0.493 e. The molecule has 3 N–H and O–H groups in total. The summed E-state index contributed by atoms with van der Waals surface area (Å²) >= 11 is 4.32. The molecule has 0 bridgehead atoms. The number of nitrogens with one attached hydrogen (secondary N) is 3. The predicted octanol–water partition coefficient (Wildman–Crippen LogP) is 5.34. The van der Waals surface area contributed by atoms with Gasteiger partial charge in [-0.05, 0) is 112 Å². The number of hydrazone groups is 1. The SMILES string of the molecule is CCOC(=O)C1=C(C)NC(=O)N[C@@H]1c1ccc(OCC(=O)N/N=C\c2cc(I)c(OCc3ccc(F)cc3)c(I)c2)c(OC)c1. The van der Waals surface area contributed by atoms with Crippen LogP contribution in [0.1, 0.15) is 36.6 Å². The second-order valence-electron chi connectivity index (χ2n) is 9.51. The molecule has 3 amide bonds. The van der Waals surface area contributed by atoms with Crippen molar-refractivity contribution < 1.29 is 37.7 Å². The molecule has 236 valence electrons. The molecule has 0 saturated heterocycles. The molecular formula is C31H29FI2N4O7. The van der Waals surface area contributed by atoms with Crippen LogP contribution in [0.15, 0.2) is 71.0 Å². The van der Waals surface area contributed by atoms with E-state index in [2.05, 4.69) is 66.3 Å². The fraction of sp³-hybridized carbons (Fsp3) is 0.226. The molecule has 11 nitrogen and oxygen atoms in total. The summed E-state index contributed by atoms with van der Waals surface area (Å²) in [6, 6.07) is 13.5. The summed E-state index contributed by atoms with van der Waals surface area (Å²) in [6.07, 6.45) is 1.51. The number of amides is 3. The van der Waals surface area contributed by atoms with E-state index >= 15 is 0 Å². The average molecular weight is 842 g/mol. The lowest BCUT2D eigenvalue weighted by Crippen LogP contribution is -2.45. The molecule has 3 aromatic carbocycles. The number of benzene rings is 3. The number of urea groups is 1. The number of hydrogen-bond donors (Lipinski definition) is 3. The number of rotatable bonds is 12. The van der Waals surface area contributed by atoms with Crippen molar-refractivity contribution in [2.75, 3.05) is 20.3 Å². The van der Waals surface area contributed by atoms with Crippen LogP contribution in [0.25, 0.3) is 0 Å². The highest BCUT2D eigenvalue weighted by atomic mass is 127. The van der Waals surface area contributed by atoms with Crippen LogP contribution in [0.2, 0.25) is 0 Å². The van der Waals surface area contributed by atoms with E-state index in [1.165, 1.54) is 25.5 Å². The lowest BCUT2D eigenvalue weighted by Gasteiger charge is -2.28. The van der Waals surface area contributed by atoms with Crippen molar-refractivity contribution in [3.05, 3.63) is 95.5 Å². The van der Waals surface area contributed by atoms with Gasteiger partial charge in [0.15, 0.2) is 18.1 Å². The monoisotopic (exact) mass is 842 g/mol. The largest absolute Gasteiger partial charge is 0.493 e. The highest BCUT2D eigenvalue weighted by Gasteiger charge is 2.32. The van der Waals surface area contributed by atoms with Crippen molar-refractivity contribution in [3.8, 4) is 17.2 Å². The number of carbonyl (C=O) groups is 3. The third kappa shape index (κ3) is 9.06. The van der Waals surface area contributed by atoms with Crippen LogP contribution in [0, 0.1) is 13.0 Å². The van der Waals surface area contributed by atoms with Crippen molar-refractivity contribution in [1.29, 1.82) is 0 Å². The fourth-order valence-corrected chi connectivity index (χ4v) is 6.42. The van der Waals surface area contributed by atoms with Gasteiger partial charge < -0.3 is 29.6 Å². The van der Waals surface area contributed by atoms with Gasteiger partial charge in [-0.1, -0.05) is 18.2 Å². The van der Waals surface area contributed by atoms with E-state index in [1.807, 2.05) is 12.1 Å². The molecule has 45 heavy (non-hydrogen) atoms. The van der Waals surface area contributed by atoms with Gasteiger partial charge in [0.05, 0.1) is 38.7 Å². The Hall–Kier alpha value is -3.93. The first-order valence-corrected chi connectivity index (χ1v) is 15.7. The number of ether oxygens (including phenoxy) is 4. The number of nitrogens with zero attached hydrogens (tertiary/aromatic N) is 1. The summed E-state index contributed by atoms with van der Waals surface area (Å²) in [4.78, 5) is 37.2. The maximum absolute atomic E-state index is 13.1. The Morgan fingerprint density at radius 3 is 2.42 bits per heavy atom. The second kappa shape index (κ2) is 15.9. The maximum atomic E-state index is 13.1.